The maximum atomic E-state index is 12.7. The van der Waals surface area contributed by atoms with Gasteiger partial charge in [0, 0.05) is 0 Å². The van der Waals surface area contributed by atoms with Gasteiger partial charge in [-0.2, -0.15) is 0 Å². The van der Waals surface area contributed by atoms with Gasteiger partial charge in [-0.05, 0) is 27.8 Å². The van der Waals surface area contributed by atoms with Gasteiger partial charge >= 0.3 is 0 Å². The van der Waals surface area contributed by atoms with Crippen molar-refractivity contribution in [2.24, 2.45) is 5.92 Å². The Morgan fingerprint density at radius 1 is 0.354 bits per heavy atom. The molecule has 7 rings (SSSR count). The normalized spacial score (nSPS) is 26.1. The van der Waals surface area contributed by atoms with Crippen molar-refractivity contribution in [1.29, 1.82) is 0 Å². The lowest BCUT2D eigenvalue weighted by atomic mass is 9.86. The second-order valence-electron chi connectivity index (χ2n) is 12.6. The van der Waals surface area contributed by atoms with Crippen LogP contribution in [0.3, 0.4) is 0 Å². The van der Waals surface area contributed by atoms with Gasteiger partial charge in [0.15, 0.2) is 0 Å². The molecule has 7 atom stereocenters. The van der Waals surface area contributed by atoms with Crippen LogP contribution in [0.25, 0.3) is 0 Å². The van der Waals surface area contributed by atoms with Crippen LogP contribution in [0.5, 0.6) is 0 Å². The first-order chi connectivity index (χ1) is 23.7. The van der Waals surface area contributed by atoms with Crippen LogP contribution in [0, 0.1) is 5.92 Å². The highest BCUT2D eigenvalue weighted by Crippen LogP contribution is 2.59. The van der Waals surface area contributed by atoms with Gasteiger partial charge in [0.1, 0.15) is 23.9 Å². The third kappa shape index (κ3) is 7.45. The molecule has 5 aromatic carbocycles. The first-order valence-electron chi connectivity index (χ1n) is 16.7. The fraction of sp³-hybridized carbons (Fsp3) is 0.286. The van der Waals surface area contributed by atoms with Crippen molar-refractivity contribution in [3.63, 3.8) is 0 Å². The molecule has 6 heteroatoms. The molecule has 48 heavy (non-hydrogen) atoms. The maximum Gasteiger partial charge on any atom is 0.128 e. The van der Waals surface area contributed by atoms with Crippen molar-refractivity contribution in [2.75, 3.05) is 0 Å². The van der Waals surface area contributed by atoms with E-state index in [1.807, 2.05) is 152 Å². The van der Waals surface area contributed by atoms with E-state index in [0.717, 1.165) is 27.8 Å². The van der Waals surface area contributed by atoms with Crippen molar-refractivity contribution in [3.8, 4) is 0 Å². The topological polar surface area (TPSA) is 66.4 Å². The average Bonchev–Trinajstić information content (AvgIpc) is 3.76. The zero-order valence-corrected chi connectivity index (χ0v) is 26.9. The maximum absolute atomic E-state index is 12.7. The van der Waals surface area contributed by atoms with Crippen molar-refractivity contribution < 1.29 is 28.8 Å². The lowest BCUT2D eigenvalue weighted by Crippen LogP contribution is -2.60. The van der Waals surface area contributed by atoms with Gasteiger partial charge in [-0.15, -0.1) is 0 Å². The molecular formula is C42H42O6. The van der Waals surface area contributed by atoms with Crippen LogP contribution in [0.15, 0.2) is 152 Å². The first kappa shape index (κ1) is 32.4. The summed E-state index contributed by atoms with van der Waals surface area (Å²) >= 11 is 0. The van der Waals surface area contributed by atoms with Crippen LogP contribution in [0.2, 0.25) is 0 Å². The van der Waals surface area contributed by atoms with E-state index < -0.39 is 42.0 Å². The van der Waals surface area contributed by atoms with E-state index in [1.165, 1.54) is 0 Å². The molecule has 5 aromatic rings. The Balaban J connectivity index is 1.24. The fourth-order valence-corrected chi connectivity index (χ4v) is 6.86. The molecule has 0 radical (unpaired) electrons. The molecule has 0 heterocycles. The summed E-state index contributed by atoms with van der Waals surface area (Å²) in [7, 11) is 0. The van der Waals surface area contributed by atoms with E-state index in [0.29, 0.717) is 33.0 Å². The Labute approximate surface area is 282 Å². The van der Waals surface area contributed by atoms with Crippen LogP contribution >= 0.6 is 0 Å². The first-order valence-corrected chi connectivity index (χ1v) is 16.7. The molecule has 2 fully saturated rings. The summed E-state index contributed by atoms with van der Waals surface area (Å²) in [5, 5.41) is 12.7. The molecule has 1 N–H and O–H groups in total. The molecule has 246 valence electrons. The van der Waals surface area contributed by atoms with E-state index in [2.05, 4.69) is 0 Å². The van der Waals surface area contributed by atoms with Crippen LogP contribution in [-0.4, -0.2) is 41.2 Å². The lowest BCUT2D eigenvalue weighted by molar-refractivity contribution is -0.245. The highest BCUT2D eigenvalue weighted by Gasteiger charge is 2.79. The Morgan fingerprint density at radius 2 is 0.646 bits per heavy atom. The van der Waals surface area contributed by atoms with Crippen molar-refractivity contribution >= 4 is 0 Å². The van der Waals surface area contributed by atoms with E-state index >= 15 is 0 Å². The Hall–Kier alpha value is -4.14. The minimum Gasteiger partial charge on any atom is -0.384 e. The summed E-state index contributed by atoms with van der Waals surface area (Å²) in [4.78, 5) is 0. The molecular weight excluding hydrogens is 600 g/mol. The highest BCUT2D eigenvalue weighted by molar-refractivity contribution is 5.30. The Morgan fingerprint density at radius 3 is 1.02 bits per heavy atom. The molecule has 2 aliphatic carbocycles. The van der Waals surface area contributed by atoms with Crippen LogP contribution < -0.4 is 0 Å². The number of hydrogen-bond acceptors (Lipinski definition) is 6. The van der Waals surface area contributed by atoms with Gasteiger partial charge in [-0.25, -0.2) is 0 Å². The minimum atomic E-state index is -1.36. The monoisotopic (exact) mass is 642 g/mol. The van der Waals surface area contributed by atoms with Crippen LogP contribution in [-0.2, 0) is 56.7 Å². The summed E-state index contributed by atoms with van der Waals surface area (Å²) < 4.78 is 33.6. The molecule has 2 saturated carbocycles. The molecule has 0 aliphatic heterocycles. The Kier molecular flexibility index (Phi) is 10.4. The van der Waals surface area contributed by atoms with Crippen molar-refractivity contribution in [3.05, 3.63) is 179 Å². The van der Waals surface area contributed by atoms with E-state index in [-0.39, 0.29) is 0 Å². The Bertz CT molecular complexity index is 1670. The summed E-state index contributed by atoms with van der Waals surface area (Å²) in [5.41, 5.74) is 3.77. The largest absolute Gasteiger partial charge is 0.384 e. The summed E-state index contributed by atoms with van der Waals surface area (Å²) in [6.07, 6.45) is -3.05. The van der Waals surface area contributed by atoms with Crippen LogP contribution in [0.1, 0.15) is 27.8 Å². The average molecular weight is 643 g/mol. The molecule has 0 bridgehead atoms. The predicted octanol–water partition coefficient (Wildman–Crippen LogP) is 7.29. The number of rotatable bonds is 15. The number of benzene rings is 5. The SMILES string of the molecule is OC12C(OCc3ccccc3)C(OCc3ccccc3)[C@@H](OCc3ccccc3)C(OCc3ccccc3)C1C2OCc1ccccc1. The third-order valence-electron chi connectivity index (χ3n) is 9.36. The molecule has 0 saturated heterocycles. The van der Waals surface area contributed by atoms with Gasteiger partial charge in [0.05, 0.1) is 51.2 Å². The molecule has 6 nitrogen and oxygen atoms in total. The molecule has 2 aliphatic rings. The van der Waals surface area contributed by atoms with Gasteiger partial charge in [-0.3, -0.25) is 0 Å². The lowest BCUT2D eigenvalue weighted by Gasteiger charge is -2.43. The smallest absolute Gasteiger partial charge is 0.128 e. The predicted molar refractivity (Wildman–Crippen MR) is 184 cm³/mol. The summed E-state index contributed by atoms with van der Waals surface area (Å²) in [6, 6.07) is 50.3. The fourth-order valence-electron chi connectivity index (χ4n) is 6.86. The van der Waals surface area contributed by atoms with Crippen LogP contribution in [0.4, 0.5) is 0 Å². The second-order valence-corrected chi connectivity index (χ2v) is 12.6. The molecule has 6 unspecified atom stereocenters. The summed E-state index contributed by atoms with van der Waals surface area (Å²) in [5.74, 6) is -0.400. The van der Waals surface area contributed by atoms with Gasteiger partial charge in [0.25, 0.3) is 0 Å². The van der Waals surface area contributed by atoms with Crippen molar-refractivity contribution in [2.45, 2.75) is 69.2 Å². The third-order valence-corrected chi connectivity index (χ3v) is 9.36. The molecule has 0 aromatic heterocycles. The van der Waals surface area contributed by atoms with E-state index in [1.54, 1.807) is 0 Å². The number of hydrogen-bond donors (Lipinski definition) is 1. The van der Waals surface area contributed by atoms with E-state index in [4.69, 9.17) is 23.7 Å². The van der Waals surface area contributed by atoms with Gasteiger partial charge in [-0.1, -0.05) is 152 Å². The minimum absolute atomic E-state index is 0.304. The van der Waals surface area contributed by atoms with Gasteiger partial charge in [0.2, 0.25) is 0 Å². The highest BCUT2D eigenvalue weighted by atomic mass is 16.6. The number of ether oxygens (including phenoxy) is 5. The quantitative estimate of drug-likeness (QED) is 0.129. The zero-order chi connectivity index (χ0) is 32.6. The molecule has 0 amide bonds. The second kappa shape index (κ2) is 15.4. The zero-order valence-electron chi connectivity index (χ0n) is 26.9. The van der Waals surface area contributed by atoms with Crippen molar-refractivity contribution in [1.82, 2.24) is 0 Å². The number of aliphatic hydroxyl groups is 1. The standard InChI is InChI=1S/C42H42O6/c43-42-36(40(42)47-29-34-22-12-4-13-23-34)37(44-26-31-16-6-1-7-17-31)38(45-27-32-18-8-2-9-19-32)39(46-28-33-20-10-3-11-21-33)41(42)48-30-35-24-14-5-15-25-35/h1-25,36-41,43H,26-30H2/t36?,37?,38-,39?,40?,41?,42?/m0/s1. The van der Waals surface area contributed by atoms with Gasteiger partial charge < -0.3 is 28.8 Å². The summed E-state index contributed by atoms with van der Waals surface area (Å²) in [6.45, 7) is 1.69. The number of fused-ring (bicyclic) bond motifs is 1. The molecule has 0 spiro atoms. The van der Waals surface area contributed by atoms with E-state index in [9.17, 15) is 5.11 Å².